The predicted octanol–water partition coefficient (Wildman–Crippen LogP) is 3.17. The summed E-state index contributed by atoms with van der Waals surface area (Å²) in [4.78, 5) is 49.8. The van der Waals surface area contributed by atoms with E-state index in [0.717, 1.165) is 11.6 Å². The fraction of sp³-hybridized carbons (Fsp3) is 0.571. The van der Waals surface area contributed by atoms with Crippen LogP contribution >= 0.6 is 0 Å². The maximum atomic E-state index is 13.1. The Balaban J connectivity index is 2.48. The molecule has 0 aromatic rings. The van der Waals surface area contributed by atoms with Crippen LogP contribution in [0.4, 0.5) is 4.79 Å². The zero-order chi connectivity index (χ0) is 28.7. The van der Waals surface area contributed by atoms with E-state index < -0.39 is 47.6 Å². The highest BCUT2D eigenvalue weighted by molar-refractivity contribution is 6.22. The summed E-state index contributed by atoms with van der Waals surface area (Å²) in [6.07, 6.45) is 2.71. The highest BCUT2D eigenvalue weighted by atomic mass is 16.6. The summed E-state index contributed by atoms with van der Waals surface area (Å²) in [7, 11) is 1.47. The SMILES string of the molecule is CO[C@H]1C[C@H](C)CC2=C(O)C(=O)C=C(NC(=O)/C(C)=C/CC[C@H](C)[C@@H](OC(N)=O)/C(C)=C/[C@H](C)[C@H]1O)C2=O. The molecule has 38 heavy (non-hydrogen) atoms. The van der Waals surface area contributed by atoms with Crippen molar-refractivity contribution >= 4 is 23.6 Å². The van der Waals surface area contributed by atoms with E-state index in [2.05, 4.69) is 5.32 Å². The van der Waals surface area contributed by atoms with Gasteiger partial charge in [0.2, 0.25) is 11.6 Å². The number of nitrogens with one attached hydrogen (secondary N) is 1. The van der Waals surface area contributed by atoms with Crippen LogP contribution in [0.2, 0.25) is 0 Å². The smallest absolute Gasteiger partial charge is 0.405 e. The minimum Gasteiger partial charge on any atom is -0.504 e. The Labute approximate surface area is 223 Å². The predicted molar refractivity (Wildman–Crippen MR) is 141 cm³/mol. The number of Topliss-reactive ketones (excluding diaryl/α,β-unsaturated/α-hetero) is 1. The van der Waals surface area contributed by atoms with E-state index in [-0.39, 0.29) is 35.4 Å². The second-order valence-corrected chi connectivity index (χ2v) is 10.4. The molecule has 0 spiro atoms. The van der Waals surface area contributed by atoms with Gasteiger partial charge in [0.15, 0.2) is 5.76 Å². The number of hydrogen-bond donors (Lipinski definition) is 4. The monoisotopic (exact) mass is 532 g/mol. The maximum absolute atomic E-state index is 13.1. The van der Waals surface area contributed by atoms with Crippen LogP contribution in [0, 0.1) is 17.8 Å². The molecule has 2 bridgehead atoms. The Kier molecular flexibility index (Phi) is 11.0. The molecule has 1 heterocycles. The lowest BCUT2D eigenvalue weighted by molar-refractivity contribution is -0.120. The minimum absolute atomic E-state index is 0.0420. The Morgan fingerprint density at radius 2 is 1.82 bits per heavy atom. The molecule has 10 heteroatoms. The number of allylic oxidation sites excluding steroid dienone is 3. The zero-order valence-corrected chi connectivity index (χ0v) is 22.9. The van der Waals surface area contributed by atoms with Crippen LogP contribution in [0.25, 0.3) is 0 Å². The molecule has 0 saturated heterocycles. The average Bonchev–Trinajstić information content (AvgIpc) is 2.85. The van der Waals surface area contributed by atoms with Crippen LogP contribution in [0.1, 0.15) is 60.3 Å². The molecule has 2 amide bonds. The first-order valence-corrected chi connectivity index (χ1v) is 12.8. The van der Waals surface area contributed by atoms with Gasteiger partial charge in [0, 0.05) is 30.2 Å². The molecule has 0 unspecified atom stereocenters. The first-order valence-electron chi connectivity index (χ1n) is 12.8. The lowest BCUT2D eigenvalue weighted by Crippen LogP contribution is -2.36. The first kappa shape index (κ1) is 31.0. The number of primary amides is 1. The highest BCUT2D eigenvalue weighted by Gasteiger charge is 2.33. The molecule has 210 valence electrons. The lowest BCUT2D eigenvalue weighted by Gasteiger charge is -2.29. The molecule has 0 fully saturated rings. The Morgan fingerprint density at radius 1 is 1.16 bits per heavy atom. The van der Waals surface area contributed by atoms with E-state index in [1.165, 1.54) is 7.11 Å². The Morgan fingerprint density at radius 3 is 2.42 bits per heavy atom. The molecule has 0 saturated carbocycles. The third-order valence-electron chi connectivity index (χ3n) is 7.14. The molecule has 2 aliphatic rings. The number of aliphatic hydroxyl groups excluding tert-OH is 2. The lowest BCUT2D eigenvalue weighted by atomic mass is 9.85. The van der Waals surface area contributed by atoms with Gasteiger partial charge in [-0.2, -0.15) is 0 Å². The normalized spacial score (nSPS) is 33.4. The fourth-order valence-electron chi connectivity index (χ4n) is 4.93. The Hall–Kier alpha value is -3.24. The molecular weight excluding hydrogens is 492 g/mol. The van der Waals surface area contributed by atoms with Gasteiger partial charge in [0.1, 0.15) is 6.10 Å². The molecule has 10 nitrogen and oxygen atoms in total. The number of ether oxygens (including phenoxy) is 2. The molecular formula is C28H40N2O8. The average molecular weight is 533 g/mol. The molecule has 2 rings (SSSR count). The van der Waals surface area contributed by atoms with Crippen LogP contribution in [0.3, 0.4) is 0 Å². The number of rotatable bonds is 2. The number of nitrogens with two attached hydrogens (primary N) is 1. The van der Waals surface area contributed by atoms with Crippen LogP contribution in [-0.2, 0) is 23.9 Å². The van der Waals surface area contributed by atoms with Crippen molar-refractivity contribution in [3.8, 4) is 0 Å². The van der Waals surface area contributed by atoms with Crippen molar-refractivity contribution in [3.63, 3.8) is 0 Å². The summed E-state index contributed by atoms with van der Waals surface area (Å²) >= 11 is 0. The van der Waals surface area contributed by atoms with Gasteiger partial charge < -0.3 is 30.7 Å². The maximum Gasteiger partial charge on any atom is 0.405 e. The topological polar surface area (TPSA) is 165 Å². The third kappa shape index (κ3) is 7.88. The van der Waals surface area contributed by atoms with Gasteiger partial charge in [-0.05, 0) is 56.9 Å². The second-order valence-electron chi connectivity index (χ2n) is 10.4. The van der Waals surface area contributed by atoms with Crippen LogP contribution < -0.4 is 11.1 Å². The van der Waals surface area contributed by atoms with E-state index in [0.29, 0.717) is 24.8 Å². The van der Waals surface area contributed by atoms with Crippen molar-refractivity contribution < 1.29 is 38.9 Å². The summed E-state index contributed by atoms with van der Waals surface area (Å²) < 4.78 is 11.0. The molecule has 1 aliphatic carbocycles. The number of ketones is 2. The summed E-state index contributed by atoms with van der Waals surface area (Å²) in [5, 5.41) is 23.9. The highest BCUT2D eigenvalue weighted by Crippen LogP contribution is 2.29. The fourth-order valence-corrected chi connectivity index (χ4v) is 4.93. The standard InChI is InChI=1S/C28H40N2O8/c1-14-10-19-24(33)20(13-21(31)25(19)34)30-27(35)16(3)9-7-8-15(2)26(38-28(29)36)18(5)12-17(4)23(32)22(11-14)37-6/h9,12-15,17,22-23,26,32,34H,7-8,10-11H2,1-6H3,(H2,29,36)(H,30,35)/b16-9+,18-12+/t14-,15+,17+,22+,23-,26-/m1/s1. The zero-order valence-electron chi connectivity index (χ0n) is 22.9. The molecule has 5 N–H and O–H groups in total. The quantitative estimate of drug-likeness (QED) is 0.311. The van der Waals surface area contributed by atoms with Gasteiger partial charge in [0.05, 0.1) is 17.9 Å². The molecule has 0 aromatic carbocycles. The van der Waals surface area contributed by atoms with Crippen molar-refractivity contribution in [2.24, 2.45) is 23.5 Å². The summed E-state index contributed by atoms with van der Waals surface area (Å²) in [6.45, 7) is 8.92. The number of aliphatic hydroxyl groups is 2. The molecule has 1 aliphatic heterocycles. The van der Waals surface area contributed by atoms with Gasteiger partial charge in [-0.15, -0.1) is 0 Å². The number of methoxy groups -OCH3 is 1. The van der Waals surface area contributed by atoms with E-state index >= 15 is 0 Å². The van der Waals surface area contributed by atoms with Crippen LogP contribution in [0.5, 0.6) is 0 Å². The summed E-state index contributed by atoms with van der Waals surface area (Å²) in [6, 6.07) is 0. The summed E-state index contributed by atoms with van der Waals surface area (Å²) in [5.74, 6) is -3.40. The van der Waals surface area contributed by atoms with Crippen molar-refractivity contribution in [2.45, 2.75) is 78.6 Å². The van der Waals surface area contributed by atoms with E-state index in [9.17, 15) is 29.4 Å². The number of hydrogen-bond acceptors (Lipinski definition) is 8. The third-order valence-corrected chi connectivity index (χ3v) is 7.14. The number of carbonyl (C=O) groups is 4. The van der Waals surface area contributed by atoms with Crippen molar-refractivity contribution in [1.82, 2.24) is 5.32 Å². The minimum atomic E-state index is -0.935. The van der Waals surface area contributed by atoms with E-state index in [4.69, 9.17) is 15.2 Å². The Bertz CT molecular complexity index is 1070. The van der Waals surface area contributed by atoms with Crippen LogP contribution in [-0.4, -0.2) is 59.2 Å². The van der Waals surface area contributed by atoms with Gasteiger partial charge in [-0.25, -0.2) is 4.79 Å². The van der Waals surface area contributed by atoms with E-state index in [1.807, 2.05) is 26.8 Å². The molecule has 6 atom stereocenters. The van der Waals surface area contributed by atoms with Crippen molar-refractivity contribution in [2.75, 3.05) is 7.11 Å². The number of carbonyl (C=O) groups excluding carboxylic acids is 4. The van der Waals surface area contributed by atoms with Crippen molar-refractivity contribution in [1.29, 1.82) is 0 Å². The van der Waals surface area contributed by atoms with Gasteiger partial charge in [0.25, 0.3) is 5.91 Å². The van der Waals surface area contributed by atoms with Gasteiger partial charge >= 0.3 is 6.09 Å². The van der Waals surface area contributed by atoms with Gasteiger partial charge in [-0.3, -0.25) is 14.4 Å². The number of amides is 2. The van der Waals surface area contributed by atoms with Crippen LogP contribution in [0.15, 0.2) is 46.4 Å². The first-order chi connectivity index (χ1) is 17.8. The number of fused-ring (bicyclic) bond motifs is 2. The summed E-state index contributed by atoms with van der Waals surface area (Å²) in [5.41, 5.74) is 6.10. The van der Waals surface area contributed by atoms with Gasteiger partial charge in [-0.1, -0.05) is 32.9 Å². The molecule has 0 radical (unpaired) electrons. The van der Waals surface area contributed by atoms with Crippen molar-refractivity contribution in [3.05, 3.63) is 46.4 Å². The van der Waals surface area contributed by atoms with E-state index in [1.54, 1.807) is 19.9 Å². The second kappa shape index (κ2) is 13.5. The largest absolute Gasteiger partial charge is 0.504 e. The molecule has 0 aromatic heterocycles.